The van der Waals surface area contributed by atoms with Gasteiger partial charge in [-0.2, -0.15) is 5.10 Å². The van der Waals surface area contributed by atoms with Crippen molar-refractivity contribution >= 4 is 22.5 Å². The molecular weight excluding hydrogens is 358 g/mol. The number of nitrogens with zero attached hydrogens (tertiary/aromatic N) is 3. The molecule has 2 aromatic heterocycles. The first-order valence-electron chi connectivity index (χ1n) is 8.87. The molecule has 0 aliphatic heterocycles. The average Bonchev–Trinajstić information content (AvgIpc) is 3.04. The second-order valence-electron chi connectivity index (χ2n) is 7.48. The van der Waals surface area contributed by atoms with Crippen LogP contribution in [0.4, 0.5) is 0 Å². The van der Waals surface area contributed by atoms with Crippen molar-refractivity contribution in [2.45, 2.75) is 27.3 Å². The summed E-state index contributed by atoms with van der Waals surface area (Å²) in [4.78, 5) is 29.7. The fourth-order valence-electron chi connectivity index (χ4n) is 2.71. The van der Waals surface area contributed by atoms with Crippen LogP contribution in [0.2, 0.25) is 0 Å². The zero-order valence-electron chi connectivity index (χ0n) is 16.6. The van der Waals surface area contributed by atoms with Gasteiger partial charge in [0, 0.05) is 34.7 Å². The number of pyridine rings is 1. The first-order valence-corrected chi connectivity index (χ1v) is 8.87. The number of ketones is 2. The molecule has 0 atom stereocenters. The van der Waals surface area contributed by atoms with E-state index >= 15 is 0 Å². The van der Waals surface area contributed by atoms with Crippen LogP contribution in [-0.2, 0) is 11.3 Å². The van der Waals surface area contributed by atoms with Crippen molar-refractivity contribution in [1.82, 2.24) is 14.8 Å². The standard InChI is InChI=1S/C21H23N3O4/c1-21(2,3)17(25)12-24-16-10-14(27-4)7-8-15(16)19(23-24)20(26)13-6-9-18(28-5)22-11-13/h6-11H,12H2,1-5H3. The Morgan fingerprint density at radius 2 is 1.82 bits per heavy atom. The van der Waals surface area contributed by atoms with Crippen LogP contribution in [0.25, 0.3) is 10.9 Å². The van der Waals surface area contributed by atoms with Gasteiger partial charge in [0.2, 0.25) is 11.7 Å². The number of fused-ring (bicyclic) bond motifs is 1. The molecule has 2 heterocycles. The van der Waals surface area contributed by atoms with E-state index in [0.29, 0.717) is 28.1 Å². The SMILES string of the molecule is COc1ccc2c(C(=O)c3ccc(OC)nc3)nn(CC(=O)C(C)(C)C)c2c1. The van der Waals surface area contributed by atoms with Crippen LogP contribution in [0.5, 0.6) is 11.6 Å². The smallest absolute Gasteiger partial charge is 0.215 e. The van der Waals surface area contributed by atoms with E-state index < -0.39 is 5.41 Å². The summed E-state index contributed by atoms with van der Waals surface area (Å²) >= 11 is 0. The van der Waals surface area contributed by atoms with E-state index in [1.165, 1.54) is 13.3 Å². The third-order valence-corrected chi connectivity index (χ3v) is 4.51. The molecule has 0 saturated heterocycles. The second-order valence-corrected chi connectivity index (χ2v) is 7.48. The quantitative estimate of drug-likeness (QED) is 0.609. The van der Waals surface area contributed by atoms with Crippen LogP contribution in [0.1, 0.15) is 36.8 Å². The van der Waals surface area contributed by atoms with Gasteiger partial charge >= 0.3 is 0 Å². The molecule has 0 aliphatic rings. The lowest BCUT2D eigenvalue weighted by atomic mass is 9.91. The molecule has 0 aliphatic carbocycles. The Morgan fingerprint density at radius 3 is 2.39 bits per heavy atom. The van der Waals surface area contributed by atoms with E-state index in [-0.39, 0.29) is 23.8 Å². The third kappa shape index (κ3) is 3.74. The Bertz CT molecular complexity index is 1030. The third-order valence-electron chi connectivity index (χ3n) is 4.51. The van der Waals surface area contributed by atoms with Gasteiger partial charge in [-0.25, -0.2) is 4.98 Å². The zero-order chi connectivity index (χ0) is 20.5. The summed E-state index contributed by atoms with van der Waals surface area (Å²) in [5.41, 5.74) is 0.819. The number of rotatable bonds is 6. The van der Waals surface area contributed by atoms with E-state index in [9.17, 15) is 9.59 Å². The van der Waals surface area contributed by atoms with Gasteiger partial charge < -0.3 is 9.47 Å². The van der Waals surface area contributed by atoms with Crippen molar-refractivity contribution in [2.24, 2.45) is 5.41 Å². The molecule has 1 aromatic carbocycles. The number of hydrogen-bond donors (Lipinski definition) is 0. The summed E-state index contributed by atoms with van der Waals surface area (Å²) in [7, 11) is 3.08. The average molecular weight is 381 g/mol. The molecule has 7 nitrogen and oxygen atoms in total. The molecular formula is C21H23N3O4. The number of Topliss-reactive ketones (excluding diaryl/α,β-unsaturated/α-hetero) is 1. The van der Waals surface area contributed by atoms with E-state index in [0.717, 1.165) is 0 Å². The predicted molar refractivity (Wildman–Crippen MR) is 105 cm³/mol. The molecule has 3 rings (SSSR count). The van der Waals surface area contributed by atoms with Crippen molar-refractivity contribution in [3.8, 4) is 11.6 Å². The van der Waals surface area contributed by atoms with E-state index in [1.54, 1.807) is 42.1 Å². The van der Waals surface area contributed by atoms with Gasteiger partial charge in [-0.3, -0.25) is 14.3 Å². The first kappa shape index (κ1) is 19.5. The van der Waals surface area contributed by atoms with Crippen molar-refractivity contribution in [2.75, 3.05) is 14.2 Å². The monoisotopic (exact) mass is 381 g/mol. The summed E-state index contributed by atoms with van der Waals surface area (Å²) in [5.74, 6) is 0.798. The van der Waals surface area contributed by atoms with Crippen LogP contribution >= 0.6 is 0 Å². The zero-order valence-corrected chi connectivity index (χ0v) is 16.6. The minimum Gasteiger partial charge on any atom is -0.497 e. The topological polar surface area (TPSA) is 83.3 Å². The lowest BCUT2D eigenvalue weighted by molar-refractivity contribution is -0.127. The van der Waals surface area contributed by atoms with Gasteiger partial charge in [0.1, 0.15) is 18.0 Å². The van der Waals surface area contributed by atoms with Crippen LogP contribution in [-0.4, -0.2) is 40.6 Å². The highest BCUT2D eigenvalue weighted by Crippen LogP contribution is 2.27. The van der Waals surface area contributed by atoms with Crippen molar-refractivity contribution < 1.29 is 19.1 Å². The Kier molecular flexibility index (Phi) is 5.18. The highest BCUT2D eigenvalue weighted by atomic mass is 16.5. The van der Waals surface area contributed by atoms with Gasteiger partial charge in [0.25, 0.3) is 0 Å². The van der Waals surface area contributed by atoms with Gasteiger partial charge in [-0.1, -0.05) is 20.8 Å². The molecule has 0 spiro atoms. The number of aromatic nitrogens is 3. The number of carbonyl (C=O) groups excluding carboxylic acids is 2. The Morgan fingerprint density at radius 1 is 1.07 bits per heavy atom. The van der Waals surface area contributed by atoms with E-state index in [2.05, 4.69) is 10.1 Å². The molecule has 0 bridgehead atoms. The fourth-order valence-corrected chi connectivity index (χ4v) is 2.71. The Balaban J connectivity index is 2.09. The van der Waals surface area contributed by atoms with Crippen molar-refractivity contribution in [1.29, 1.82) is 0 Å². The number of methoxy groups -OCH3 is 2. The van der Waals surface area contributed by atoms with E-state index in [4.69, 9.17) is 9.47 Å². The highest BCUT2D eigenvalue weighted by molar-refractivity contribution is 6.15. The Labute approximate surface area is 163 Å². The predicted octanol–water partition coefficient (Wildman–Crippen LogP) is 3.29. The number of ether oxygens (including phenoxy) is 2. The molecule has 3 aromatic rings. The summed E-state index contributed by atoms with van der Waals surface area (Å²) in [5, 5.41) is 5.12. The molecule has 7 heteroatoms. The first-order chi connectivity index (χ1) is 13.2. The molecule has 146 valence electrons. The maximum atomic E-state index is 13.0. The molecule has 0 radical (unpaired) electrons. The number of hydrogen-bond acceptors (Lipinski definition) is 6. The number of carbonyl (C=O) groups is 2. The summed E-state index contributed by atoms with van der Waals surface area (Å²) < 4.78 is 11.9. The van der Waals surface area contributed by atoms with Crippen molar-refractivity contribution in [3.63, 3.8) is 0 Å². The van der Waals surface area contributed by atoms with Gasteiger partial charge in [0.15, 0.2) is 5.78 Å². The number of benzene rings is 1. The van der Waals surface area contributed by atoms with Crippen molar-refractivity contribution in [3.05, 3.63) is 47.8 Å². The minimum atomic E-state index is -0.513. The second kappa shape index (κ2) is 7.42. The highest BCUT2D eigenvalue weighted by Gasteiger charge is 2.25. The lowest BCUT2D eigenvalue weighted by Crippen LogP contribution is -2.25. The van der Waals surface area contributed by atoms with Crippen LogP contribution in [0.3, 0.4) is 0 Å². The largest absolute Gasteiger partial charge is 0.497 e. The lowest BCUT2D eigenvalue weighted by Gasteiger charge is -2.16. The maximum absolute atomic E-state index is 13.0. The molecule has 0 unspecified atom stereocenters. The van der Waals surface area contributed by atoms with E-state index in [1.807, 2.05) is 20.8 Å². The summed E-state index contributed by atoms with van der Waals surface area (Å²) in [6, 6.07) is 8.59. The maximum Gasteiger partial charge on any atom is 0.215 e. The normalized spacial score (nSPS) is 11.5. The Hall–Kier alpha value is -3.22. The van der Waals surface area contributed by atoms with Crippen LogP contribution < -0.4 is 9.47 Å². The van der Waals surface area contributed by atoms with Crippen LogP contribution in [0, 0.1) is 5.41 Å². The molecule has 0 N–H and O–H groups in total. The van der Waals surface area contributed by atoms with Gasteiger partial charge in [0.05, 0.1) is 19.7 Å². The summed E-state index contributed by atoms with van der Waals surface area (Å²) in [6.45, 7) is 5.64. The molecule has 0 fully saturated rings. The fraction of sp³-hybridized carbons (Fsp3) is 0.333. The van der Waals surface area contributed by atoms with Gasteiger partial charge in [-0.15, -0.1) is 0 Å². The minimum absolute atomic E-state index is 0.0184. The summed E-state index contributed by atoms with van der Waals surface area (Å²) in [6.07, 6.45) is 1.45. The molecule has 28 heavy (non-hydrogen) atoms. The van der Waals surface area contributed by atoms with Gasteiger partial charge in [-0.05, 0) is 18.2 Å². The van der Waals surface area contributed by atoms with Crippen LogP contribution in [0.15, 0.2) is 36.5 Å². The molecule has 0 amide bonds. The molecule has 0 saturated carbocycles.